The van der Waals surface area contributed by atoms with Gasteiger partial charge in [0.05, 0.1) is 16.8 Å². The summed E-state index contributed by atoms with van der Waals surface area (Å²) in [5, 5.41) is 2.21. The van der Waals surface area contributed by atoms with E-state index in [0.717, 1.165) is 17.7 Å². The zero-order valence-corrected chi connectivity index (χ0v) is 18.9. The van der Waals surface area contributed by atoms with E-state index < -0.39 is 29.7 Å². The van der Waals surface area contributed by atoms with Gasteiger partial charge in [-0.25, -0.2) is 4.79 Å². The second-order valence-corrected chi connectivity index (χ2v) is 9.25. The first kappa shape index (κ1) is 22.3. The third kappa shape index (κ3) is 3.79. The van der Waals surface area contributed by atoms with Crippen molar-refractivity contribution in [3.63, 3.8) is 0 Å². The molecule has 3 fully saturated rings. The molecule has 1 aromatic carbocycles. The van der Waals surface area contributed by atoms with Crippen molar-refractivity contribution in [3.8, 4) is 0 Å². The van der Waals surface area contributed by atoms with Gasteiger partial charge in [0.1, 0.15) is 6.04 Å². The molecule has 0 aromatic heterocycles. The third-order valence-electron chi connectivity index (χ3n) is 7.07. The molecular formula is C23H28N6O5. The van der Waals surface area contributed by atoms with E-state index in [1.807, 2.05) is 9.80 Å². The van der Waals surface area contributed by atoms with E-state index in [9.17, 15) is 24.0 Å². The Bertz CT molecular complexity index is 1070. The van der Waals surface area contributed by atoms with Crippen molar-refractivity contribution in [2.24, 2.45) is 5.73 Å². The van der Waals surface area contributed by atoms with Crippen molar-refractivity contribution in [2.75, 3.05) is 44.2 Å². The topological polar surface area (TPSA) is 136 Å². The third-order valence-corrected chi connectivity index (χ3v) is 7.07. The van der Waals surface area contributed by atoms with Crippen LogP contribution in [0.5, 0.6) is 0 Å². The SMILES string of the molecule is NC1CCCN(C(=O)N2CCN(c3cccc4c3C(=O)N(C3CCC(=O)NC3=O)C4=O)CC2)C1. The molecule has 6 amide bonds. The molecule has 11 heteroatoms. The minimum absolute atomic E-state index is 0.0108. The number of carbonyl (C=O) groups is 5. The van der Waals surface area contributed by atoms with E-state index >= 15 is 0 Å². The maximum absolute atomic E-state index is 13.3. The number of amides is 6. The van der Waals surface area contributed by atoms with Gasteiger partial charge < -0.3 is 20.4 Å². The van der Waals surface area contributed by atoms with Gasteiger partial charge >= 0.3 is 6.03 Å². The molecule has 3 saturated heterocycles. The largest absolute Gasteiger partial charge is 0.367 e. The lowest BCUT2D eigenvalue weighted by Gasteiger charge is -2.40. The van der Waals surface area contributed by atoms with Gasteiger partial charge in [-0.3, -0.25) is 29.4 Å². The number of piperidine rings is 2. The maximum atomic E-state index is 13.3. The zero-order chi connectivity index (χ0) is 24.0. The molecule has 5 rings (SSSR count). The number of carbonyl (C=O) groups excluding carboxylic acids is 5. The molecule has 34 heavy (non-hydrogen) atoms. The number of urea groups is 1. The van der Waals surface area contributed by atoms with Crippen LogP contribution in [0.3, 0.4) is 0 Å². The van der Waals surface area contributed by atoms with Crippen LogP contribution in [0.25, 0.3) is 0 Å². The molecule has 0 radical (unpaired) electrons. The summed E-state index contributed by atoms with van der Waals surface area (Å²) in [6, 6.07) is 4.11. The number of fused-ring (bicyclic) bond motifs is 1. The van der Waals surface area contributed by atoms with Gasteiger partial charge in [-0.2, -0.15) is 0 Å². The van der Waals surface area contributed by atoms with E-state index in [2.05, 4.69) is 5.32 Å². The molecule has 3 N–H and O–H groups in total. The van der Waals surface area contributed by atoms with Crippen LogP contribution in [0, 0.1) is 0 Å². The van der Waals surface area contributed by atoms with Crippen LogP contribution in [0.4, 0.5) is 10.5 Å². The Morgan fingerprint density at radius 2 is 1.71 bits per heavy atom. The fourth-order valence-electron chi connectivity index (χ4n) is 5.28. The van der Waals surface area contributed by atoms with Crippen molar-refractivity contribution in [1.82, 2.24) is 20.0 Å². The number of nitrogens with zero attached hydrogens (tertiary/aromatic N) is 4. The van der Waals surface area contributed by atoms with Gasteiger partial charge in [-0.1, -0.05) is 6.07 Å². The van der Waals surface area contributed by atoms with Gasteiger partial charge in [-0.15, -0.1) is 0 Å². The van der Waals surface area contributed by atoms with E-state index in [1.54, 1.807) is 23.1 Å². The van der Waals surface area contributed by atoms with Crippen molar-refractivity contribution >= 4 is 35.3 Å². The number of rotatable bonds is 2. The Hall–Kier alpha value is -3.47. The van der Waals surface area contributed by atoms with Crippen LogP contribution in [0.1, 0.15) is 46.4 Å². The number of nitrogens with one attached hydrogen (secondary N) is 1. The van der Waals surface area contributed by atoms with Crippen LogP contribution in [0.2, 0.25) is 0 Å². The van der Waals surface area contributed by atoms with E-state index in [-0.39, 0.29) is 36.0 Å². The summed E-state index contributed by atoms with van der Waals surface area (Å²) in [6.45, 7) is 3.30. The predicted molar refractivity (Wildman–Crippen MR) is 121 cm³/mol. The fraction of sp³-hybridized carbons (Fsp3) is 0.522. The van der Waals surface area contributed by atoms with E-state index in [1.165, 1.54) is 0 Å². The number of nitrogens with two attached hydrogens (primary N) is 1. The number of likely N-dealkylation sites (tertiary alicyclic amines) is 1. The highest BCUT2D eigenvalue weighted by Crippen LogP contribution is 2.34. The number of imide groups is 2. The molecule has 0 bridgehead atoms. The minimum atomic E-state index is -0.997. The van der Waals surface area contributed by atoms with Crippen LogP contribution in [0.15, 0.2) is 18.2 Å². The second kappa shape index (κ2) is 8.71. The van der Waals surface area contributed by atoms with Crippen LogP contribution >= 0.6 is 0 Å². The fourth-order valence-corrected chi connectivity index (χ4v) is 5.28. The molecule has 11 nitrogen and oxygen atoms in total. The Kier molecular flexibility index (Phi) is 5.72. The second-order valence-electron chi connectivity index (χ2n) is 9.25. The normalized spacial score (nSPS) is 25.6. The van der Waals surface area contributed by atoms with Gasteiger partial charge in [0.25, 0.3) is 11.8 Å². The highest BCUT2D eigenvalue weighted by atomic mass is 16.2. The van der Waals surface area contributed by atoms with Crippen molar-refractivity contribution in [2.45, 2.75) is 37.8 Å². The lowest BCUT2D eigenvalue weighted by atomic mass is 10.0. The van der Waals surface area contributed by atoms with Crippen molar-refractivity contribution in [3.05, 3.63) is 29.3 Å². The van der Waals surface area contributed by atoms with Crippen molar-refractivity contribution < 1.29 is 24.0 Å². The highest BCUT2D eigenvalue weighted by Gasteiger charge is 2.46. The summed E-state index contributed by atoms with van der Waals surface area (Å²) in [5.41, 5.74) is 7.18. The maximum Gasteiger partial charge on any atom is 0.320 e. The van der Waals surface area contributed by atoms with Crippen molar-refractivity contribution in [1.29, 1.82) is 0 Å². The highest BCUT2D eigenvalue weighted by molar-refractivity contribution is 6.25. The van der Waals surface area contributed by atoms with Crippen LogP contribution in [-0.4, -0.2) is 95.7 Å². The number of piperazine rings is 1. The molecule has 1 aromatic rings. The molecule has 2 unspecified atom stereocenters. The lowest BCUT2D eigenvalue weighted by Crippen LogP contribution is -2.56. The molecule has 0 aliphatic carbocycles. The average molecular weight is 469 g/mol. The Morgan fingerprint density at radius 1 is 0.941 bits per heavy atom. The minimum Gasteiger partial charge on any atom is -0.367 e. The number of benzene rings is 1. The molecule has 180 valence electrons. The summed E-state index contributed by atoms with van der Waals surface area (Å²) in [6.07, 6.45) is 2.03. The molecule has 4 heterocycles. The predicted octanol–water partition coefficient (Wildman–Crippen LogP) is -0.247. The zero-order valence-electron chi connectivity index (χ0n) is 18.9. The molecule has 2 atom stereocenters. The lowest BCUT2D eigenvalue weighted by molar-refractivity contribution is -0.136. The van der Waals surface area contributed by atoms with Gasteiger partial charge in [0, 0.05) is 51.7 Å². The monoisotopic (exact) mass is 468 g/mol. The number of hydrogen-bond acceptors (Lipinski definition) is 7. The first-order valence-corrected chi connectivity index (χ1v) is 11.7. The van der Waals surface area contributed by atoms with Gasteiger partial charge in [0.2, 0.25) is 11.8 Å². The Labute approximate surface area is 196 Å². The van der Waals surface area contributed by atoms with Crippen LogP contribution in [-0.2, 0) is 9.59 Å². The summed E-state index contributed by atoms with van der Waals surface area (Å²) in [7, 11) is 0. The summed E-state index contributed by atoms with van der Waals surface area (Å²) in [4.78, 5) is 69.7. The van der Waals surface area contributed by atoms with E-state index in [0.29, 0.717) is 45.0 Å². The standard InChI is InChI=1S/C23H28N6O5/c24-14-3-2-8-28(13-14)23(34)27-11-9-26(10-12-27)16-5-1-4-15-19(16)22(33)29(21(15)32)17-6-7-18(30)25-20(17)31/h1,4-5,14,17H,2-3,6-13,24H2,(H,25,30,31). The quantitative estimate of drug-likeness (QED) is 0.571. The smallest absolute Gasteiger partial charge is 0.320 e. The summed E-state index contributed by atoms with van der Waals surface area (Å²) >= 11 is 0. The Balaban J connectivity index is 1.31. The first-order valence-electron chi connectivity index (χ1n) is 11.7. The van der Waals surface area contributed by atoms with Gasteiger partial charge in [-0.05, 0) is 31.4 Å². The Morgan fingerprint density at radius 3 is 2.41 bits per heavy atom. The molecule has 4 aliphatic rings. The average Bonchev–Trinajstić information content (AvgIpc) is 3.09. The summed E-state index contributed by atoms with van der Waals surface area (Å²) < 4.78 is 0. The number of hydrogen-bond donors (Lipinski definition) is 2. The summed E-state index contributed by atoms with van der Waals surface area (Å²) in [5.74, 6) is -2.08. The molecular weight excluding hydrogens is 440 g/mol. The first-order chi connectivity index (χ1) is 16.3. The molecule has 0 saturated carbocycles. The molecule has 4 aliphatic heterocycles. The van der Waals surface area contributed by atoms with Gasteiger partial charge in [0.15, 0.2) is 0 Å². The van der Waals surface area contributed by atoms with E-state index in [4.69, 9.17) is 5.73 Å². The molecule has 0 spiro atoms. The number of anilines is 1. The van der Waals surface area contributed by atoms with Crippen LogP contribution < -0.4 is 16.0 Å².